The lowest BCUT2D eigenvalue weighted by Crippen LogP contribution is -2.26. The van der Waals surface area contributed by atoms with Crippen molar-refractivity contribution >= 4 is 22.6 Å². The molecule has 0 saturated carbocycles. The van der Waals surface area contributed by atoms with Crippen molar-refractivity contribution in [3.63, 3.8) is 0 Å². The summed E-state index contributed by atoms with van der Waals surface area (Å²) in [4.78, 5) is 39.6. The number of aryl methyl sites for hydroxylation is 1. The van der Waals surface area contributed by atoms with E-state index in [0.717, 1.165) is 22.9 Å². The number of pyridine rings is 1. The van der Waals surface area contributed by atoms with Gasteiger partial charge in [-0.1, -0.05) is 25.1 Å². The van der Waals surface area contributed by atoms with Gasteiger partial charge in [0.1, 0.15) is 0 Å². The van der Waals surface area contributed by atoms with E-state index in [0.29, 0.717) is 11.1 Å². The van der Waals surface area contributed by atoms with Gasteiger partial charge in [0.15, 0.2) is 5.78 Å². The predicted octanol–water partition coefficient (Wildman–Crippen LogP) is 2.13. The Morgan fingerprint density at radius 3 is 2.72 bits per heavy atom. The molecule has 1 aromatic carbocycles. The molecule has 0 aliphatic carbocycles. The molecule has 2 N–H and O–H groups in total. The molecule has 0 bridgehead atoms. The first-order chi connectivity index (χ1) is 12.0. The van der Waals surface area contributed by atoms with E-state index in [2.05, 4.69) is 17.2 Å². The number of hydrogen-bond donors (Lipinski definition) is 2. The minimum absolute atomic E-state index is 0.118. The van der Waals surface area contributed by atoms with E-state index in [1.165, 1.54) is 29.9 Å². The second kappa shape index (κ2) is 6.76. The normalized spacial score (nSPS) is 10.8. The van der Waals surface area contributed by atoms with E-state index in [9.17, 15) is 14.4 Å². The summed E-state index contributed by atoms with van der Waals surface area (Å²) in [5.74, 6) is -0.489. The third-order valence-electron chi connectivity index (χ3n) is 4.27. The van der Waals surface area contributed by atoms with Crippen molar-refractivity contribution in [2.24, 2.45) is 0 Å². The molecular formula is C19H19N3O3. The van der Waals surface area contributed by atoms with Gasteiger partial charge in [-0.05, 0) is 18.1 Å². The first kappa shape index (κ1) is 16.7. The van der Waals surface area contributed by atoms with Crippen molar-refractivity contribution in [2.45, 2.75) is 19.9 Å². The first-order valence-electron chi connectivity index (χ1n) is 8.10. The number of benzene rings is 1. The summed E-state index contributed by atoms with van der Waals surface area (Å²) in [6.07, 6.45) is 3.95. The molecule has 3 aromatic rings. The second-order valence-electron chi connectivity index (χ2n) is 5.78. The Kier molecular flexibility index (Phi) is 4.52. The lowest BCUT2D eigenvalue weighted by Gasteiger charge is -2.07. The molecule has 2 aromatic heterocycles. The van der Waals surface area contributed by atoms with Crippen LogP contribution in [-0.2, 0) is 13.0 Å². The number of carbonyl (C=O) groups is 2. The van der Waals surface area contributed by atoms with Gasteiger partial charge in [-0.15, -0.1) is 0 Å². The van der Waals surface area contributed by atoms with Crippen molar-refractivity contribution in [3.8, 4) is 0 Å². The van der Waals surface area contributed by atoms with Crippen LogP contribution in [0.3, 0.4) is 0 Å². The standard InChI is InChI=1S/C19H19N3O3/c1-3-12-5-4-6-14-15(9-21-18(12)14)16(23)11-22-10-13(19(25)20-2)7-8-17(22)24/h4-10,21H,3,11H2,1-2H3,(H,20,25). The van der Waals surface area contributed by atoms with Gasteiger partial charge in [-0.25, -0.2) is 0 Å². The zero-order valence-corrected chi connectivity index (χ0v) is 14.1. The van der Waals surface area contributed by atoms with Crippen LogP contribution in [0, 0.1) is 0 Å². The largest absolute Gasteiger partial charge is 0.360 e. The van der Waals surface area contributed by atoms with Crippen LogP contribution in [0.1, 0.15) is 33.2 Å². The molecule has 3 rings (SSSR count). The number of nitrogens with one attached hydrogen (secondary N) is 2. The topological polar surface area (TPSA) is 84.0 Å². The van der Waals surface area contributed by atoms with Crippen molar-refractivity contribution < 1.29 is 9.59 Å². The zero-order chi connectivity index (χ0) is 18.0. The molecule has 0 aliphatic heterocycles. The summed E-state index contributed by atoms with van der Waals surface area (Å²) in [7, 11) is 1.51. The van der Waals surface area contributed by atoms with Gasteiger partial charge < -0.3 is 14.9 Å². The molecule has 0 saturated heterocycles. The van der Waals surface area contributed by atoms with Crippen LogP contribution in [0.15, 0.2) is 47.5 Å². The number of Topliss-reactive ketones (excluding diaryl/α,β-unsaturated/α-hetero) is 1. The average molecular weight is 337 g/mol. The quantitative estimate of drug-likeness (QED) is 0.700. The number of aromatic nitrogens is 2. The predicted molar refractivity (Wildman–Crippen MR) is 96.1 cm³/mol. The molecule has 128 valence electrons. The summed E-state index contributed by atoms with van der Waals surface area (Å²) in [6, 6.07) is 8.57. The minimum atomic E-state index is -0.324. The van der Waals surface area contributed by atoms with Crippen molar-refractivity contribution in [1.29, 1.82) is 0 Å². The van der Waals surface area contributed by atoms with Crippen LogP contribution in [0.2, 0.25) is 0 Å². The van der Waals surface area contributed by atoms with E-state index in [1.807, 2.05) is 18.2 Å². The Morgan fingerprint density at radius 2 is 2.00 bits per heavy atom. The maximum absolute atomic E-state index is 12.7. The van der Waals surface area contributed by atoms with Gasteiger partial charge >= 0.3 is 0 Å². The third-order valence-corrected chi connectivity index (χ3v) is 4.27. The summed E-state index contributed by atoms with van der Waals surface area (Å²) in [5.41, 5.74) is 2.63. The van der Waals surface area contributed by atoms with E-state index >= 15 is 0 Å². The first-order valence-corrected chi connectivity index (χ1v) is 8.10. The Morgan fingerprint density at radius 1 is 1.20 bits per heavy atom. The summed E-state index contributed by atoms with van der Waals surface area (Å²) in [5, 5.41) is 3.35. The highest BCUT2D eigenvalue weighted by atomic mass is 16.2. The summed E-state index contributed by atoms with van der Waals surface area (Å²) < 4.78 is 1.26. The average Bonchev–Trinajstić information content (AvgIpc) is 3.07. The molecule has 25 heavy (non-hydrogen) atoms. The number of aromatic amines is 1. The molecule has 1 amide bonds. The SMILES string of the molecule is CCc1cccc2c(C(=O)Cn3cc(C(=O)NC)ccc3=O)c[nH]c12. The van der Waals surface area contributed by atoms with Gasteiger partial charge in [0.2, 0.25) is 0 Å². The number of nitrogens with zero attached hydrogens (tertiary/aromatic N) is 1. The maximum atomic E-state index is 12.7. The van der Waals surface area contributed by atoms with Crippen molar-refractivity contribution in [2.75, 3.05) is 7.05 Å². The van der Waals surface area contributed by atoms with E-state index < -0.39 is 0 Å². The number of fused-ring (bicyclic) bond motifs is 1. The number of para-hydroxylation sites is 1. The van der Waals surface area contributed by atoms with Crippen LogP contribution in [0.25, 0.3) is 10.9 Å². The van der Waals surface area contributed by atoms with E-state index in [-0.39, 0.29) is 23.8 Å². The molecule has 6 nitrogen and oxygen atoms in total. The lowest BCUT2D eigenvalue weighted by atomic mass is 10.0. The molecule has 0 aliphatic rings. The van der Waals surface area contributed by atoms with Crippen LogP contribution in [0.4, 0.5) is 0 Å². The highest BCUT2D eigenvalue weighted by Crippen LogP contribution is 2.22. The van der Waals surface area contributed by atoms with Crippen LogP contribution in [0.5, 0.6) is 0 Å². The van der Waals surface area contributed by atoms with Gasteiger partial charge in [0, 0.05) is 42.0 Å². The van der Waals surface area contributed by atoms with E-state index in [4.69, 9.17) is 0 Å². The maximum Gasteiger partial charge on any atom is 0.252 e. The Labute approximate surface area is 144 Å². The van der Waals surface area contributed by atoms with Gasteiger partial charge in [0.25, 0.3) is 11.5 Å². The molecule has 0 radical (unpaired) electrons. The zero-order valence-electron chi connectivity index (χ0n) is 14.1. The molecule has 0 fully saturated rings. The lowest BCUT2D eigenvalue weighted by molar-refractivity contribution is 0.0951. The molecule has 0 spiro atoms. The third kappa shape index (κ3) is 3.10. The second-order valence-corrected chi connectivity index (χ2v) is 5.78. The number of H-pyrrole nitrogens is 1. The number of amides is 1. The van der Waals surface area contributed by atoms with Crippen LogP contribution in [-0.4, -0.2) is 28.3 Å². The van der Waals surface area contributed by atoms with Crippen LogP contribution >= 0.6 is 0 Å². The fraction of sp³-hybridized carbons (Fsp3) is 0.211. The van der Waals surface area contributed by atoms with Crippen LogP contribution < -0.4 is 10.9 Å². The monoisotopic (exact) mass is 337 g/mol. The Balaban J connectivity index is 1.96. The molecule has 0 atom stereocenters. The number of rotatable bonds is 5. The molecule has 6 heteroatoms. The highest BCUT2D eigenvalue weighted by molar-refractivity contribution is 6.08. The molecule has 0 unspecified atom stereocenters. The fourth-order valence-corrected chi connectivity index (χ4v) is 2.92. The number of hydrogen-bond acceptors (Lipinski definition) is 3. The van der Waals surface area contributed by atoms with Crippen molar-refractivity contribution in [1.82, 2.24) is 14.9 Å². The number of ketones is 1. The van der Waals surface area contributed by atoms with E-state index in [1.54, 1.807) is 6.20 Å². The molecular weight excluding hydrogens is 318 g/mol. The highest BCUT2D eigenvalue weighted by Gasteiger charge is 2.15. The molecule has 2 heterocycles. The fourth-order valence-electron chi connectivity index (χ4n) is 2.92. The summed E-state index contributed by atoms with van der Waals surface area (Å²) in [6.45, 7) is 1.94. The Hall–Kier alpha value is -3.15. The number of carbonyl (C=O) groups excluding carboxylic acids is 2. The van der Waals surface area contributed by atoms with Gasteiger partial charge in [0.05, 0.1) is 12.1 Å². The minimum Gasteiger partial charge on any atom is -0.360 e. The Bertz CT molecular complexity index is 1010. The summed E-state index contributed by atoms with van der Waals surface area (Å²) >= 11 is 0. The van der Waals surface area contributed by atoms with Gasteiger partial charge in [-0.2, -0.15) is 0 Å². The smallest absolute Gasteiger partial charge is 0.252 e. The van der Waals surface area contributed by atoms with Gasteiger partial charge in [-0.3, -0.25) is 14.4 Å². The van der Waals surface area contributed by atoms with Crippen molar-refractivity contribution in [3.05, 3.63) is 69.8 Å².